The lowest BCUT2D eigenvalue weighted by atomic mass is 10.0. The minimum Gasteiger partial charge on any atom is -0.417 e. The molecule has 1 aromatic carbocycles. The van der Waals surface area contributed by atoms with Crippen molar-refractivity contribution < 1.29 is 14.0 Å². The molecule has 0 bridgehead atoms. The zero-order chi connectivity index (χ0) is 18.8. The summed E-state index contributed by atoms with van der Waals surface area (Å²) in [7, 11) is -1.88. The molecule has 1 saturated heterocycles. The van der Waals surface area contributed by atoms with Gasteiger partial charge in [-0.05, 0) is 42.2 Å². The van der Waals surface area contributed by atoms with Crippen molar-refractivity contribution in [3.05, 3.63) is 34.9 Å². The first-order valence-corrected chi connectivity index (χ1v) is 11.8. The van der Waals surface area contributed by atoms with Gasteiger partial charge in [0.05, 0.1) is 12.6 Å². The van der Waals surface area contributed by atoms with Crippen molar-refractivity contribution in [3.8, 4) is 0 Å². The van der Waals surface area contributed by atoms with Crippen LogP contribution < -0.4 is 5.32 Å². The largest absolute Gasteiger partial charge is 0.417 e. The predicted molar refractivity (Wildman–Crippen MR) is 102 cm³/mol. The number of urea groups is 1. The van der Waals surface area contributed by atoms with E-state index in [2.05, 4.69) is 39.2 Å². The van der Waals surface area contributed by atoms with Crippen molar-refractivity contribution >= 4 is 31.9 Å². The molecule has 1 atom stereocenters. The van der Waals surface area contributed by atoms with Gasteiger partial charge in [0.2, 0.25) is 0 Å². The molecule has 0 aliphatic carbocycles. The van der Waals surface area contributed by atoms with Crippen molar-refractivity contribution in [1.29, 1.82) is 0 Å². The van der Waals surface area contributed by atoms with Crippen LogP contribution in [0.2, 0.25) is 23.2 Å². The van der Waals surface area contributed by atoms with E-state index in [0.717, 1.165) is 5.56 Å². The Kier molecular flexibility index (Phi) is 5.96. The van der Waals surface area contributed by atoms with E-state index in [9.17, 15) is 9.59 Å². The van der Waals surface area contributed by atoms with E-state index < -0.39 is 8.32 Å². The predicted octanol–water partition coefficient (Wildman–Crippen LogP) is 4.34. The van der Waals surface area contributed by atoms with Crippen LogP contribution >= 0.6 is 11.6 Å². The van der Waals surface area contributed by atoms with Gasteiger partial charge in [-0.25, -0.2) is 4.79 Å². The molecule has 1 aliphatic rings. The minimum absolute atomic E-state index is 0.0476. The second-order valence-electron chi connectivity index (χ2n) is 7.89. The Morgan fingerprint density at radius 1 is 1.24 bits per heavy atom. The number of rotatable bonds is 6. The molecule has 0 spiro atoms. The van der Waals surface area contributed by atoms with Crippen LogP contribution in [0.25, 0.3) is 0 Å². The van der Waals surface area contributed by atoms with Gasteiger partial charge in [-0.1, -0.05) is 44.5 Å². The summed E-state index contributed by atoms with van der Waals surface area (Å²) in [6.07, 6.45) is 0.563. The fourth-order valence-corrected chi connectivity index (χ4v) is 3.71. The van der Waals surface area contributed by atoms with E-state index in [1.54, 1.807) is 12.1 Å². The van der Waals surface area contributed by atoms with E-state index in [4.69, 9.17) is 16.0 Å². The summed E-state index contributed by atoms with van der Waals surface area (Å²) in [6.45, 7) is 11.5. The highest BCUT2D eigenvalue weighted by atomic mass is 35.5. The minimum atomic E-state index is -1.88. The number of benzene rings is 1. The summed E-state index contributed by atoms with van der Waals surface area (Å²) in [5, 5.41) is 3.33. The third-order valence-electron chi connectivity index (χ3n) is 5.11. The zero-order valence-electron chi connectivity index (χ0n) is 15.6. The third kappa shape index (κ3) is 4.62. The fourth-order valence-electron chi connectivity index (χ4n) is 2.52. The fraction of sp³-hybridized carbons (Fsp3) is 0.556. The number of carbonyl (C=O) groups is 2. The standard InChI is InChI=1S/C18H27ClN2O3Si/c1-18(2,3)25(4,5)24-11-10-15(13-6-8-14(19)9-7-13)21-16(22)12-20-17(21)23/h6-9,15H,10-12H2,1-5H3,(H,20,23). The smallest absolute Gasteiger partial charge is 0.325 e. The molecule has 1 aromatic rings. The number of nitrogens with zero attached hydrogens (tertiary/aromatic N) is 1. The molecule has 1 unspecified atom stereocenters. The zero-order valence-corrected chi connectivity index (χ0v) is 17.3. The van der Waals surface area contributed by atoms with Gasteiger partial charge < -0.3 is 9.74 Å². The van der Waals surface area contributed by atoms with Crippen LogP contribution in [-0.2, 0) is 9.22 Å². The van der Waals surface area contributed by atoms with E-state index in [1.165, 1.54) is 4.90 Å². The average Bonchev–Trinajstić information content (AvgIpc) is 2.83. The van der Waals surface area contributed by atoms with Gasteiger partial charge in [-0.3, -0.25) is 9.69 Å². The maximum atomic E-state index is 12.2. The van der Waals surface area contributed by atoms with Crippen LogP contribution in [0.15, 0.2) is 24.3 Å². The van der Waals surface area contributed by atoms with Crippen molar-refractivity contribution in [2.75, 3.05) is 13.2 Å². The first kappa shape index (κ1) is 19.9. The molecule has 3 amide bonds. The van der Waals surface area contributed by atoms with E-state index in [1.807, 2.05) is 12.1 Å². The summed E-state index contributed by atoms with van der Waals surface area (Å²) in [5.41, 5.74) is 0.883. The normalized spacial score (nSPS) is 17.0. The lowest BCUT2D eigenvalue weighted by molar-refractivity contribution is -0.126. The maximum absolute atomic E-state index is 12.2. The second-order valence-corrected chi connectivity index (χ2v) is 13.1. The van der Waals surface area contributed by atoms with Crippen LogP contribution in [-0.4, -0.2) is 38.3 Å². The highest BCUT2D eigenvalue weighted by Gasteiger charge is 2.39. The molecular formula is C18H27ClN2O3Si. The molecule has 1 heterocycles. The molecule has 2 rings (SSSR count). The molecule has 0 saturated carbocycles. The van der Waals surface area contributed by atoms with E-state index in [0.29, 0.717) is 18.1 Å². The molecule has 7 heteroatoms. The molecule has 1 fully saturated rings. The molecule has 0 aromatic heterocycles. The topological polar surface area (TPSA) is 58.6 Å². The summed E-state index contributed by atoms with van der Waals surface area (Å²) in [5.74, 6) is -0.211. The van der Waals surface area contributed by atoms with Crippen LogP contribution in [0.5, 0.6) is 0 Å². The maximum Gasteiger partial charge on any atom is 0.325 e. The number of hydrogen-bond donors (Lipinski definition) is 1. The average molecular weight is 383 g/mol. The monoisotopic (exact) mass is 382 g/mol. The van der Waals surface area contributed by atoms with Crippen LogP contribution in [0.4, 0.5) is 4.79 Å². The van der Waals surface area contributed by atoms with Gasteiger partial charge in [0, 0.05) is 11.6 Å². The number of hydrogen-bond acceptors (Lipinski definition) is 3. The first-order chi connectivity index (χ1) is 11.5. The number of imide groups is 1. The Bertz CT molecular complexity index is 625. The highest BCUT2D eigenvalue weighted by Crippen LogP contribution is 2.37. The van der Waals surface area contributed by atoms with Gasteiger partial charge in [0.15, 0.2) is 8.32 Å². The van der Waals surface area contributed by atoms with Gasteiger partial charge in [0.25, 0.3) is 5.91 Å². The van der Waals surface area contributed by atoms with Crippen LogP contribution in [0, 0.1) is 0 Å². The van der Waals surface area contributed by atoms with E-state index >= 15 is 0 Å². The Morgan fingerprint density at radius 3 is 2.32 bits per heavy atom. The van der Waals surface area contributed by atoms with Gasteiger partial charge in [-0.15, -0.1) is 0 Å². The van der Waals surface area contributed by atoms with Crippen molar-refractivity contribution in [2.24, 2.45) is 0 Å². The Balaban J connectivity index is 2.17. The molecule has 1 aliphatic heterocycles. The van der Waals surface area contributed by atoms with Crippen molar-refractivity contribution in [2.45, 2.75) is 51.4 Å². The summed E-state index contributed by atoms with van der Waals surface area (Å²) < 4.78 is 6.24. The summed E-state index contributed by atoms with van der Waals surface area (Å²) >= 11 is 5.97. The second kappa shape index (κ2) is 7.48. The van der Waals surface area contributed by atoms with Crippen LogP contribution in [0.3, 0.4) is 0 Å². The third-order valence-corrected chi connectivity index (χ3v) is 9.90. The number of halogens is 1. The van der Waals surface area contributed by atoms with Crippen LogP contribution in [0.1, 0.15) is 38.8 Å². The molecular weight excluding hydrogens is 356 g/mol. The SMILES string of the molecule is CC(C)(C)[Si](C)(C)OCCC(c1ccc(Cl)cc1)N1C(=O)CNC1=O. The summed E-state index contributed by atoms with van der Waals surface area (Å²) in [6, 6.07) is 6.57. The number of carbonyl (C=O) groups excluding carboxylic acids is 2. The van der Waals surface area contributed by atoms with E-state index in [-0.39, 0.29) is 29.6 Å². The van der Waals surface area contributed by atoms with Crippen molar-refractivity contribution in [1.82, 2.24) is 10.2 Å². The lowest BCUT2D eigenvalue weighted by Crippen LogP contribution is -2.42. The number of nitrogens with one attached hydrogen (secondary N) is 1. The molecule has 1 N–H and O–H groups in total. The quantitative estimate of drug-likeness (QED) is 0.587. The Hall–Kier alpha value is -1.37. The number of amides is 3. The molecule has 5 nitrogen and oxygen atoms in total. The van der Waals surface area contributed by atoms with Gasteiger partial charge in [-0.2, -0.15) is 0 Å². The Labute approximate surface area is 155 Å². The Morgan fingerprint density at radius 2 is 1.84 bits per heavy atom. The lowest BCUT2D eigenvalue weighted by Gasteiger charge is -2.37. The first-order valence-electron chi connectivity index (χ1n) is 8.52. The molecule has 0 radical (unpaired) electrons. The molecule has 25 heavy (non-hydrogen) atoms. The highest BCUT2D eigenvalue weighted by molar-refractivity contribution is 6.74. The van der Waals surface area contributed by atoms with Gasteiger partial charge >= 0.3 is 6.03 Å². The summed E-state index contributed by atoms with van der Waals surface area (Å²) in [4.78, 5) is 25.6. The van der Waals surface area contributed by atoms with Crippen molar-refractivity contribution in [3.63, 3.8) is 0 Å². The van der Waals surface area contributed by atoms with Gasteiger partial charge in [0.1, 0.15) is 0 Å². The molecule has 138 valence electrons.